The monoisotopic (exact) mass is 378 g/mol. The highest BCUT2D eigenvalue weighted by molar-refractivity contribution is 6.00. The van der Waals surface area contributed by atoms with Gasteiger partial charge in [-0.3, -0.25) is 9.59 Å². The molecule has 1 aromatic rings. The van der Waals surface area contributed by atoms with E-state index in [0.29, 0.717) is 30.9 Å². The van der Waals surface area contributed by atoms with Crippen molar-refractivity contribution in [1.82, 2.24) is 5.32 Å². The van der Waals surface area contributed by atoms with Crippen LogP contribution in [0.4, 0.5) is 5.69 Å². The molecule has 0 heterocycles. The van der Waals surface area contributed by atoms with Gasteiger partial charge in [-0.25, -0.2) is 0 Å². The van der Waals surface area contributed by atoms with Crippen molar-refractivity contribution < 1.29 is 14.3 Å². The van der Waals surface area contributed by atoms with Crippen LogP contribution in [0, 0.1) is 0 Å². The molecule has 0 saturated heterocycles. The van der Waals surface area contributed by atoms with Gasteiger partial charge >= 0.3 is 0 Å². The predicted octanol–water partition coefficient (Wildman–Crippen LogP) is 2.40. The summed E-state index contributed by atoms with van der Waals surface area (Å²) in [6.07, 6.45) is 5.07. The lowest BCUT2D eigenvalue weighted by molar-refractivity contribution is -0.120. The number of hydrogen-bond donors (Lipinski definition) is 4. The third-order valence-corrected chi connectivity index (χ3v) is 4.21. The number of primary amides is 1. The van der Waals surface area contributed by atoms with Crippen molar-refractivity contribution in [2.24, 2.45) is 11.5 Å². The highest BCUT2D eigenvalue weighted by Crippen LogP contribution is 2.24. The molecule has 0 radical (unpaired) electrons. The van der Waals surface area contributed by atoms with E-state index < -0.39 is 11.9 Å². The Balaban J connectivity index is 2.89. The minimum atomic E-state index is -0.683. The summed E-state index contributed by atoms with van der Waals surface area (Å²) in [5.74, 6) is -0.379. The van der Waals surface area contributed by atoms with Crippen LogP contribution in [0.5, 0.6) is 5.75 Å². The molecule has 27 heavy (non-hydrogen) atoms. The third kappa shape index (κ3) is 8.30. The Morgan fingerprint density at radius 1 is 1.15 bits per heavy atom. The van der Waals surface area contributed by atoms with Crippen LogP contribution in [-0.2, 0) is 4.79 Å². The Hall–Kier alpha value is -2.28. The summed E-state index contributed by atoms with van der Waals surface area (Å²) in [5.41, 5.74) is 12.2. The fourth-order valence-corrected chi connectivity index (χ4v) is 2.68. The molecule has 1 aromatic carbocycles. The molecule has 1 rings (SSSR count). The van der Waals surface area contributed by atoms with Crippen molar-refractivity contribution in [2.45, 2.75) is 58.4 Å². The molecule has 2 amide bonds. The van der Waals surface area contributed by atoms with E-state index in [1.54, 1.807) is 12.1 Å². The van der Waals surface area contributed by atoms with Gasteiger partial charge in [-0.15, -0.1) is 0 Å². The van der Waals surface area contributed by atoms with Gasteiger partial charge in [0.1, 0.15) is 11.8 Å². The Labute approximate surface area is 162 Å². The number of unbranched alkanes of at least 4 members (excludes halogenated alkanes) is 3. The fourth-order valence-electron chi connectivity index (χ4n) is 2.68. The number of carbonyl (C=O) groups excluding carboxylic acids is 2. The van der Waals surface area contributed by atoms with E-state index in [2.05, 4.69) is 10.6 Å². The Bertz CT molecular complexity index is 593. The Morgan fingerprint density at radius 3 is 2.56 bits per heavy atom. The molecule has 0 spiro atoms. The fraction of sp³-hybridized carbons (Fsp3) is 0.600. The van der Waals surface area contributed by atoms with Crippen molar-refractivity contribution in [3.8, 4) is 5.75 Å². The van der Waals surface area contributed by atoms with Crippen molar-refractivity contribution in [1.29, 1.82) is 0 Å². The summed E-state index contributed by atoms with van der Waals surface area (Å²) in [4.78, 5) is 24.4. The number of nitrogens with two attached hydrogens (primary N) is 2. The zero-order valence-corrected chi connectivity index (χ0v) is 16.6. The summed E-state index contributed by atoms with van der Waals surface area (Å²) in [5, 5.41) is 5.93. The van der Waals surface area contributed by atoms with E-state index in [1.165, 1.54) is 0 Å². The molecule has 0 aliphatic carbocycles. The molecule has 152 valence electrons. The summed E-state index contributed by atoms with van der Waals surface area (Å²) in [6, 6.07) is 4.71. The molecule has 0 bridgehead atoms. The van der Waals surface area contributed by atoms with E-state index >= 15 is 0 Å². The van der Waals surface area contributed by atoms with Crippen LogP contribution < -0.4 is 26.8 Å². The van der Waals surface area contributed by atoms with Gasteiger partial charge in [-0.2, -0.15) is 0 Å². The van der Waals surface area contributed by atoms with Crippen molar-refractivity contribution in [3.63, 3.8) is 0 Å². The minimum Gasteiger partial charge on any atom is -0.493 e. The van der Waals surface area contributed by atoms with Crippen LogP contribution in [0.15, 0.2) is 18.2 Å². The highest BCUT2D eigenvalue weighted by atomic mass is 16.5. The number of anilines is 1. The third-order valence-electron chi connectivity index (χ3n) is 4.21. The van der Waals surface area contributed by atoms with Gasteiger partial charge in [-0.1, -0.05) is 19.8 Å². The second kappa shape index (κ2) is 13.0. The van der Waals surface area contributed by atoms with E-state index in [4.69, 9.17) is 16.2 Å². The van der Waals surface area contributed by atoms with Gasteiger partial charge in [0.05, 0.1) is 12.2 Å². The Morgan fingerprint density at radius 2 is 1.93 bits per heavy atom. The molecule has 1 atom stereocenters. The van der Waals surface area contributed by atoms with E-state index in [9.17, 15) is 9.59 Å². The van der Waals surface area contributed by atoms with Crippen LogP contribution >= 0.6 is 0 Å². The average molecular weight is 379 g/mol. The second-order valence-electron chi connectivity index (χ2n) is 6.51. The summed E-state index contributed by atoms with van der Waals surface area (Å²) in [6.45, 7) is 5.92. The maximum Gasteiger partial charge on any atom is 0.255 e. The molecule has 0 aliphatic rings. The predicted molar refractivity (Wildman–Crippen MR) is 109 cm³/mol. The number of ether oxygens (including phenoxy) is 1. The lowest BCUT2D eigenvalue weighted by Crippen LogP contribution is -2.44. The maximum absolute atomic E-state index is 12.8. The van der Waals surface area contributed by atoms with Crippen LogP contribution in [-0.4, -0.2) is 37.6 Å². The first-order chi connectivity index (χ1) is 13.0. The number of carbonyl (C=O) groups is 2. The largest absolute Gasteiger partial charge is 0.493 e. The zero-order chi connectivity index (χ0) is 20.1. The summed E-state index contributed by atoms with van der Waals surface area (Å²) in [7, 11) is 0. The molecule has 0 unspecified atom stereocenters. The summed E-state index contributed by atoms with van der Waals surface area (Å²) >= 11 is 0. The SMILES string of the molecule is CCCC[C@H](NC(=O)c1cc(NCC)ccc1OCCCCCN)C(N)=O. The molecule has 0 saturated carbocycles. The van der Waals surface area contributed by atoms with Gasteiger partial charge in [0.15, 0.2) is 0 Å². The first-order valence-electron chi connectivity index (χ1n) is 9.84. The zero-order valence-electron chi connectivity index (χ0n) is 16.6. The molecule has 0 aliphatic heterocycles. The van der Waals surface area contributed by atoms with Crippen LogP contribution in [0.3, 0.4) is 0 Å². The molecule has 0 aromatic heterocycles. The number of hydrogen-bond acceptors (Lipinski definition) is 5. The van der Waals surface area contributed by atoms with Crippen molar-refractivity contribution >= 4 is 17.5 Å². The normalized spacial score (nSPS) is 11.7. The van der Waals surface area contributed by atoms with E-state index in [1.807, 2.05) is 19.9 Å². The van der Waals surface area contributed by atoms with Crippen molar-refractivity contribution in [2.75, 3.05) is 25.0 Å². The van der Waals surface area contributed by atoms with Crippen LogP contribution in [0.2, 0.25) is 0 Å². The van der Waals surface area contributed by atoms with Gasteiger partial charge in [0, 0.05) is 12.2 Å². The van der Waals surface area contributed by atoms with Crippen LogP contribution in [0.1, 0.15) is 62.7 Å². The lowest BCUT2D eigenvalue weighted by Gasteiger charge is -2.18. The van der Waals surface area contributed by atoms with Crippen LogP contribution in [0.25, 0.3) is 0 Å². The van der Waals surface area contributed by atoms with E-state index in [-0.39, 0.29) is 5.91 Å². The van der Waals surface area contributed by atoms with Gasteiger partial charge in [-0.05, 0) is 57.4 Å². The molecular formula is C20H34N4O3. The lowest BCUT2D eigenvalue weighted by atomic mass is 10.1. The average Bonchev–Trinajstić information content (AvgIpc) is 2.65. The second-order valence-corrected chi connectivity index (χ2v) is 6.51. The molecule has 7 heteroatoms. The molecular weight excluding hydrogens is 344 g/mol. The van der Waals surface area contributed by atoms with Gasteiger partial charge in [0.25, 0.3) is 5.91 Å². The quantitative estimate of drug-likeness (QED) is 0.371. The molecule has 7 nitrogen and oxygen atoms in total. The maximum atomic E-state index is 12.8. The summed E-state index contributed by atoms with van der Waals surface area (Å²) < 4.78 is 5.82. The minimum absolute atomic E-state index is 0.355. The standard InChI is InChI=1S/C20H34N4O3/c1-3-5-9-17(19(22)25)24-20(26)16-14-15(23-4-2)10-11-18(16)27-13-8-6-7-12-21/h10-11,14,17,23H,3-9,12-13,21H2,1-2H3,(H2,22,25)(H,24,26)/t17-/m0/s1. The van der Waals surface area contributed by atoms with E-state index in [0.717, 1.165) is 44.3 Å². The Kier molecular flexibility index (Phi) is 10.9. The topological polar surface area (TPSA) is 119 Å². The van der Waals surface area contributed by atoms with Gasteiger partial charge in [0.2, 0.25) is 5.91 Å². The highest BCUT2D eigenvalue weighted by Gasteiger charge is 2.21. The number of benzene rings is 1. The number of amides is 2. The smallest absolute Gasteiger partial charge is 0.255 e. The van der Waals surface area contributed by atoms with Crippen molar-refractivity contribution in [3.05, 3.63) is 23.8 Å². The van der Waals surface area contributed by atoms with Gasteiger partial charge < -0.3 is 26.8 Å². The number of nitrogens with one attached hydrogen (secondary N) is 2. The first kappa shape index (κ1) is 22.8. The first-order valence-corrected chi connectivity index (χ1v) is 9.84. The molecule has 0 fully saturated rings. The molecule has 6 N–H and O–H groups in total. The number of rotatable bonds is 14.